The largest absolute Gasteiger partial charge is 0.500 e. The molecule has 0 unspecified atom stereocenters. The van der Waals surface area contributed by atoms with Gasteiger partial charge in [0.2, 0.25) is 5.95 Å². The number of hydrogen-bond donors (Lipinski definition) is 2. The van der Waals surface area contributed by atoms with Crippen molar-refractivity contribution in [2.45, 2.75) is 32.6 Å². The van der Waals surface area contributed by atoms with Crippen molar-refractivity contribution >= 4 is 17.2 Å². The number of rotatable bonds is 3. The molecule has 1 saturated carbocycles. The molecule has 2 aliphatic rings. The standard InChI is InChI=1S/C19H24N4O/c1-12-3-5-13(6-4-12)18(24-2)15-11-14(7-8-16(15)20)17-9-10-22-19(21)23-17/h7-13,20H,3-6H2,1-2H3,(H2,21,22,23)/b18-15-,20-16?. The molecule has 126 valence electrons. The Hall–Kier alpha value is -2.43. The van der Waals surface area contributed by atoms with Crippen molar-refractivity contribution in [2.24, 2.45) is 11.8 Å². The molecule has 1 aromatic heterocycles. The maximum absolute atomic E-state index is 8.31. The number of anilines is 1. The molecule has 0 atom stereocenters. The number of nitrogens with two attached hydrogens (primary N) is 1. The molecule has 24 heavy (non-hydrogen) atoms. The summed E-state index contributed by atoms with van der Waals surface area (Å²) in [4.78, 5) is 8.21. The van der Waals surface area contributed by atoms with Crippen LogP contribution in [-0.2, 0) is 4.74 Å². The van der Waals surface area contributed by atoms with Crippen LogP contribution in [-0.4, -0.2) is 22.8 Å². The molecular formula is C19H24N4O. The van der Waals surface area contributed by atoms with Gasteiger partial charge in [-0.1, -0.05) is 25.8 Å². The van der Waals surface area contributed by atoms with Gasteiger partial charge in [-0.15, -0.1) is 0 Å². The lowest BCUT2D eigenvalue weighted by Crippen LogP contribution is -2.18. The third-order valence-electron chi connectivity index (χ3n) is 4.86. The average molecular weight is 324 g/mol. The van der Waals surface area contributed by atoms with E-state index >= 15 is 0 Å². The van der Waals surface area contributed by atoms with Crippen molar-refractivity contribution in [2.75, 3.05) is 12.8 Å². The summed E-state index contributed by atoms with van der Waals surface area (Å²) in [5.41, 5.74) is 8.71. The highest BCUT2D eigenvalue weighted by molar-refractivity contribution is 6.13. The molecule has 1 heterocycles. The fourth-order valence-electron chi connectivity index (χ4n) is 3.46. The van der Waals surface area contributed by atoms with Gasteiger partial charge in [-0.2, -0.15) is 0 Å². The molecule has 0 spiro atoms. The summed E-state index contributed by atoms with van der Waals surface area (Å²) in [5.74, 6) is 2.35. The lowest BCUT2D eigenvalue weighted by molar-refractivity contribution is 0.196. The van der Waals surface area contributed by atoms with E-state index in [1.165, 1.54) is 12.8 Å². The van der Waals surface area contributed by atoms with Crippen LogP contribution in [0.1, 0.15) is 38.3 Å². The molecule has 5 heteroatoms. The minimum Gasteiger partial charge on any atom is -0.500 e. The van der Waals surface area contributed by atoms with Crippen molar-refractivity contribution in [3.05, 3.63) is 47.5 Å². The van der Waals surface area contributed by atoms with Gasteiger partial charge in [0.25, 0.3) is 0 Å². The normalized spacial score (nSPS) is 26.1. The second kappa shape index (κ2) is 6.99. The van der Waals surface area contributed by atoms with Crippen LogP contribution in [0.3, 0.4) is 0 Å². The number of allylic oxidation sites excluding steroid dienone is 6. The number of nitrogens with one attached hydrogen (secondary N) is 1. The topological polar surface area (TPSA) is 84.9 Å². The number of nitrogen functional groups attached to an aromatic ring is 1. The summed E-state index contributed by atoms with van der Waals surface area (Å²) < 4.78 is 5.75. The van der Waals surface area contributed by atoms with E-state index in [1.54, 1.807) is 19.4 Å². The molecule has 0 amide bonds. The number of methoxy groups -OCH3 is 1. The summed E-state index contributed by atoms with van der Waals surface area (Å²) in [7, 11) is 1.71. The third kappa shape index (κ3) is 3.40. The van der Waals surface area contributed by atoms with Gasteiger partial charge in [-0.3, -0.25) is 0 Å². The van der Waals surface area contributed by atoms with E-state index < -0.39 is 0 Å². The summed E-state index contributed by atoms with van der Waals surface area (Å²) in [6, 6.07) is 1.83. The summed E-state index contributed by atoms with van der Waals surface area (Å²) >= 11 is 0. The van der Waals surface area contributed by atoms with E-state index in [4.69, 9.17) is 15.9 Å². The van der Waals surface area contributed by atoms with Crippen LogP contribution in [0, 0.1) is 17.2 Å². The summed E-state index contributed by atoms with van der Waals surface area (Å²) in [5, 5.41) is 8.31. The van der Waals surface area contributed by atoms with Crippen LogP contribution in [0.25, 0.3) is 5.57 Å². The molecule has 1 fully saturated rings. The number of ether oxygens (including phenoxy) is 1. The van der Waals surface area contributed by atoms with Gasteiger partial charge < -0.3 is 15.9 Å². The molecule has 5 nitrogen and oxygen atoms in total. The van der Waals surface area contributed by atoms with Crippen LogP contribution in [0.2, 0.25) is 0 Å². The lowest BCUT2D eigenvalue weighted by atomic mass is 9.80. The Kier molecular flexibility index (Phi) is 4.79. The monoisotopic (exact) mass is 324 g/mol. The predicted octanol–water partition coefficient (Wildman–Crippen LogP) is 3.76. The predicted molar refractivity (Wildman–Crippen MR) is 96.4 cm³/mol. The van der Waals surface area contributed by atoms with E-state index in [-0.39, 0.29) is 5.95 Å². The SMILES string of the molecule is CO/C(=C1/C=C(c2ccnc(N)n2)C=CC1=N)C1CCC(C)CC1. The summed E-state index contributed by atoms with van der Waals surface area (Å²) in [6.45, 7) is 2.30. The van der Waals surface area contributed by atoms with Crippen molar-refractivity contribution in [3.63, 3.8) is 0 Å². The van der Waals surface area contributed by atoms with Gasteiger partial charge in [-0.25, -0.2) is 9.97 Å². The second-order valence-corrected chi connectivity index (χ2v) is 6.59. The highest BCUT2D eigenvalue weighted by Gasteiger charge is 2.26. The average Bonchev–Trinajstić information content (AvgIpc) is 2.59. The Morgan fingerprint density at radius 3 is 2.67 bits per heavy atom. The minimum absolute atomic E-state index is 0.251. The van der Waals surface area contributed by atoms with Gasteiger partial charge in [0.05, 0.1) is 18.5 Å². The van der Waals surface area contributed by atoms with E-state index in [0.717, 1.165) is 41.4 Å². The maximum atomic E-state index is 8.31. The van der Waals surface area contributed by atoms with Crippen molar-refractivity contribution in [1.29, 1.82) is 5.41 Å². The van der Waals surface area contributed by atoms with Crippen LogP contribution >= 0.6 is 0 Å². The van der Waals surface area contributed by atoms with Crippen molar-refractivity contribution in [1.82, 2.24) is 9.97 Å². The van der Waals surface area contributed by atoms with Crippen LogP contribution < -0.4 is 5.73 Å². The molecule has 0 aliphatic heterocycles. The van der Waals surface area contributed by atoms with E-state index in [9.17, 15) is 0 Å². The maximum Gasteiger partial charge on any atom is 0.220 e. The first-order valence-corrected chi connectivity index (χ1v) is 8.44. The molecule has 3 N–H and O–H groups in total. The fourth-order valence-corrected chi connectivity index (χ4v) is 3.46. The Bertz CT molecular complexity index is 725. The fraction of sp³-hybridized carbons (Fsp3) is 0.421. The molecule has 0 radical (unpaired) electrons. The lowest BCUT2D eigenvalue weighted by Gasteiger charge is -2.29. The Morgan fingerprint density at radius 2 is 2.00 bits per heavy atom. The molecule has 0 aromatic carbocycles. The first-order valence-electron chi connectivity index (χ1n) is 8.44. The van der Waals surface area contributed by atoms with Crippen molar-refractivity contribution < 1.29 is 4.74 Å². The van der Waals surface area contributed by atoms with Gasteiger partial charge >= 0.3 is 0 Å². The number of nitrogens with zero attached hydrogens (tertiary/aromatic N) is 2. The molecule has 0 saturated heterocycles. The highest BCUT2D eigenvalue weighted by atomic mass is 16.5. The van der Waals surface area contributed by atoms with Crippen molar-refractivity contribution in [3.8, 4) is 0 Å². The molecule has 2 aliphatic carbocycles. The Labute approximate surface area is 142 Å². The number of hydrogen-bond acceptors (Lipinski definition) is 5. The van der Waals surface area contributed by atoms with E-state index in [0.29, 0.717) is 11.6 Å². The zero-order valence-electron chi connectivity index (χ0n) is 14.2. The molecular weight excluding hydrogens is 300 g/mol. The first-order chi connectivity index (χ1) is 11.6. The van der Waals surface area contributed by atoms with E-state index in [2.05, 4.69) is 16.9 Å². The number of aromatic nitrogens is 2. The van der Waals surface area contributed by atoms with Gasteiger partial charge in [0.15, 0.2) is 0 Å². The molecule has 3 rings (SSSR count). The zero-order valence-corrected chi connectivity index (χ0v) is 14.2. The summed E-state index contributed by atoms with van der Waals surface area (Å²) in [6.07, 6.45) is 12.0. The smallest absolute Gasteiger partial charge is 0.220 e. The van der Waals surface area contributed by atoms with Crippen LogP contribution in [0.5, 0.6) is 0 Å². The molecule has 1 aromatic rings. The Balaban J connectivity index is 1.97. The first kappa shape index (κ1) is 16.4. The second-order valence-electron chi connectivity index (χ2n) is 6.59. The van der Waals surface area contributed by atoms with Gasteiger partial charge in [0, 0.05) is 23.3 Å². The third-order valence-corrected chi connectivity index (χ3v) is 4.86. The van der Waals surface area contributed by atoms with Crippen LogP contribution in [0.4, 0.5) is 5.95 Å². The zero-order chi connectivity index (χ0) is 17.1. The molecule has 0 bridgehead atoms. The quantitative estimate of drug-likeness (QED) is 0.829. The van der Waals surface area contributed by atoms with Gasteiger partial charge in [0.1, 0.15) is 5.76 Å². The van der Waals surface area contributed by atoms with E-state index in [1.807, 2.05) is 18.2 Å². The van der Waals surface area contributed by atoms with Crippen LogP contribution in [0.15, 0.2) is 41.8 Å². The Morgan fingerprint density at radius 1 is 1.25 bits per heavy atom. The highest BCUT2D eigenvalue weighted by Crippen LogP contribution is 2.36. The minimum atomic E-state index is 0.251. The van der Waals surface area contributed by atoms with Gasteiger partial charge in [-0.05, 0) is 37.0 Å².